The highest BCUT2D eigenvalue weighted by Gasteiger charge is 2.62. The van der Waals surface area contributed by atoms with Gasteiger partial charge in [-0.15, -0.1) is 0 Å². The molecule has 0 atom stereocenters. The Bertz CT molecular complexity index is 2350. The van der Waals surface area contributed by atoms with E-state index in [2.05, 4.69) is 163 Å². The number of nitrogens with zero attached hydrogens (tertiary/aromatic N) is 1. The van der Waals surface area contributed by atoms with Crippen molar-refractivity contribution in [3.8, 4) is 22.6 Å². The van der Waals surface area contributed by atoms with E-state index in [4.69, 9.17) is 4.74 Å². The van der Waals surface area contributed by atoms with E-state index in [1.54, 1.807) is 0 Å². The lowest BCUT2D eigenvalue weighted by atomic mass is 9.41. The zero-order valence-electron chi connectivity index (χ0n) is 36.3. The maximum atomic E-state index is 7.66. The number of ether oxygens (including phenoxy) is 1. The largest absolute Gasteiger partial charge is 0.454 e. The van der Waals surface area contributed by atoms with Gasteiger partial charge in [-0.1, -0.05) is 140 Å². The highest BCUT2D eigenvalue weighted by atomic mass is 16.5. The molecule has 58 heavy (non-hydrogen) atoms. The van der Waals surface area contributed by atoms with Gasteiger partial charge in [-0.05, 0) is 149 Å². The van der Waals surface area contributed by atoms with Gasteiger partial charge in [-0.2, -0.15) is 0 Å². The number of benzene rings is 5. The molecule has 1 aliphatic heterocycles. The van der Waals surface area contributed by atoms with Gasteiger partial charge in [0.1, 0.15) is 5.75 Å². The van der Waals surface area contributed by atoms with Crippen molar-refractivity contribution in [3.63, 3.8) is 0 Å². The molecule has 5 aromatic rings. The van der Waals surface area contributed by atoms with Crippen LogP contribution in [0.25, 0.3) is 11.1 Å². The highest BCUT2D eigenvalue weighted by Crippen LogP contribution is 2.71. The van der Waals surface area contributed by atoms with Gasteiger partial charge in [0, 0.05) is 22.1 Å². The summed E-state index contributed by atoms with van der Waals surface area (Å²) < 4.78 is 7.66. The summed E-state index contributed by atoms with van der Waals surface area (Å²) in [6.45, 7) is 19.9. The Labute approximate surface area is 348 Å². The van der Waals surface area contributed by atoms with E-state index < -0.39 is 0 Å². The molecule has 0 amide bonds. The fourth-order valence-corrected chi connectivity index (χ4v) is 14.2. The smallest absolute Gasteiger partial charge is 0.156 e. The van der Waals surface area contributed by atoms with E-state index in [0.717, 1.165) is 36.2 Å². The summed E-state index contributed by atoms with van der Waals surface area (Å²) in [6, 6.07) is 40.0. The molecule has 4 saturated carbocycles. The molecule has 2 nitrogen and oxygen atoms in total. The Kier molecular flexibility index (Phi) is 7.84. The first-order valence-electron chi connectivity index (χ1n) is 22.8. The molecule has 0 unspecified atom stereocenters. The van der Waals surface area contributed by atoms with E-state index in [0.29, 0.717) is 11.8 Å². The minimum atomic E-state index is -0.0536. The summed E-state index contributed by atoms with van der Waals surface area (Å²) in [7, 11) is 0. The van der Waals surface area contributed by atoms with Gasteiger partial charge in [0.2, 0.25) is 0 Å². The summed E-state index contributed by atoms with van der Waals surface area (Å²) in [5.41, 5.74) is 15.2. The lowest BCUT2D eigenvalue weighted by molar-refractivity contribution is -0.0451. The summed E-state index contributed by atoms with van der Waals surface area (Å²) in [6.07, 6.45) is 11.5. The third kappa shape index (κ3) is 5.08. The zero-order chi connectivity index (χ0) is 40.0. The van der Waals surface area contributed by atoms with Crippen molar-refractivity contribution in [1.82, 2.24) is 0 Å². The fourth-order valence-electron chi connectivity index (χ4n) is 14.2. The lowest BCUT2D eigenvalue weighted by Gasteiger charge is -2.63. The molecule has 1 heterocycles. The van der Waals surface area contributed by atoms with Gasteiger partial charge in [-0.3, -0.25) is 0 Å². The van der Waals surface area contributed by atoms with Crippen LogP contribution in [-0.2, 0) is 27.1 Å². The number of hydrogen-bond acceptors (Lipinski definition) is 2. The molecule has 6 aliphatic carbocycles. The van der Waals surface area contributed by atoms with Crippen LogP contribution in [0.3, 0.4) is 0 Å². The first-order chi connectivity index (χ1) is 27.7. The predicted molar refractivity (Wildman–Crippen MR) is 241 cm³/mol. The average molecular weight is 766 g/mol. The van der Waals surface area contributed by atoms with Crippen LogP contribution in [0, 0.1) is 23.7 Å². The minimum absolute atomic E-state index is 0.0127. The lowest BCUT2D eigenvalue weighted by Crippen LogP contribution is -2.57. The van der Waals surface area contributed by atoms with Crippen LogP contribution in [0.2, 0.25) is 0 Å². The van der Waals surface area contributed by atoms with Crippen molar-refractivity contribution < 1.29 is 4.74 Å². The first-order valence-corrected chi connectivity index (χ1v) is 22.8. The van der Waals surface area contributed by atoms with Gasteiger partial charge < -0.3 is 9.64 Å². The molecular formula is C56H63NO. The number of fused-ring (bicyclic) bond motifs is 4. The molecule has 298 valence electrons. The van der Waals surface area contributed by atoms with E-state index in [1.165, 1.54) is 107 Å². The number of anilines is 3. The predicted octanol–water partition coefficient (Wildman–Crippen LogP) is 15.4. The molecule has 0 radical (unpaired) electrons. The second kappa shape index (κ2) is 12.4. The molecule has 4 bridgehead atoms. The zero-order valence-corrected chi connectivity index (χ0v) is 36.3. The second-order valence-electron chi connectivity index (χ2n) is 22.2. The standard InChI is InChI=1S/C56H63NO/c1-52(2)26-28-54(5,6)48-42(52)19-14-21-45(48)57(46-22-15-20-43-49(46)55(7,8)29-27-53(43,3)4)50-40(37-16-10-9-11-17-37)24-25-44-51(50)58-47-23-13-12-18-41(47)56(44)38-31-35-30-36(33-38)34-39(56)32-35/h9-25,35-36,38-39H,26-34H2,1-8H3. The van der Waals surface area contributed by atoms with Crippen LogP contribution in [0.1, 0.15) is 147 Å². The number of hydrogen-bond donors (Lipinski definition) is 0. The van der Waals surface area contributed by atoms with Crippen molar-refractivity contribution in [3.05, 3.63) is 137 Å². The average Bonchev–Trinajstić information content (AvgIpc) is 3.20. The summed E-state index contributed by atoms with van der Waals surface area (Å²) in [5.74, 6) is 5.16. The molecule has 12 rings (SSSR count). The molecule has 4 fully saturated rings. The third-order valence-electron chi connectivity index (χ3n) is 17.0. The topological polar surface area (TPSA) is 12.5 Å². The van der Waals surface area contributed by atoms with E-state index in [9.17, 15) is 0 Å². The first kappa shape index (κ1) is 36.8. The van der Waals surface area contributed by atoms with Gasteiger partial charge in [-0.25, -0.2) is 0 Å². The molecule has 7 aliphatic rings. The quantitative estimate of drug-likeness (QED) is 0.181. The van der Waals surface area contributed by atoms with Crippen molar-refractivity contribution in [2.24, 2.45) is 23.7 Å². The molecule has 0 saturated heterocycles. The van der Waals surface area contributed by atoms with Crippen LogP contribution < -0.4 is 9.64 Å². The van der Waals surface area contributed by atoms with Crippen LogP contribution in [0.4, 0.5) is 17.1 Å². The van der Waals surface area contributed by atoms with Crippen molar-refractivity contribution in [2.75, 3.05) is 4.90 Å². The Balaban J connectivity index is 1.30. The number of para-hydroxylation sites is 1. The van der Waals surface area contributed by atoms with Crippen LogP contribution in [0.15, 0.2) is 103 Å². The van der Waals surface area contributed by atoms with Crippen LogP contribution in [0.5, 0.6) is 11.5 Å². The van der Waals surface area contributed by atoms with E-state index in [1.807, 2.05) is 0 Å². The fraction of sp³-hybridized carbons (Fsp3) is 0.464. The monoisotopic (exact) mass is 765 g/mol. The van der Waals surface area contributed by atoms with Gasteiger partial charge in [0.15, 0.2) is 5.75 Å². The van der Waals surface area contributed by atoms with Crippen molar-refractivity contribution >= 4 is 17.1 Å². The maximum absolute atomic E-state index is 7.66. The molecule has 2 heteroatoms. The molecule has 0 aromatic heterocycles. The Morgan fingerprint density at radius 3 is 1.53 bits per heavy atom. The van der Waals surface area contributed by atoms with Crippen molar-refractivity contribution in [1.29, 1.82) is 0 Å². The Hall–Kier alpha value is -4.30. The van der Waals surface area contributed by atoms with Gasteiger partial charge in [0.05, 0.1) is 17.1 Å². The Morgan fingerprint density at radius 1 is 0.466 bits per heavy atom. The normalized spacial score (nSPS) is 28.5. The Morgan fingerprint density at radius 2 is 0.966 bits per heavy atom. The van der Waals surface area contributed by atoms with Crippen LogP contribution in [-0.4, -0.2) is 0 Å². The summed E-state index contributed by atoms with van der Waals surface area (Å²) in [4.78, 5) is 2.77. The summed E-state index contributed by atoms with van der Waals surface area (Å²) >= 11 is 0. The van der Waals surface area contributed by atoms with Gasteiger partial charge in [0.25, 0.3) is 0 Å². The molecule has 1 spiro atoms. The highest BCUT2D eigenvalue weighted by molar-refractivity contribution is 5.96. The van der Waals surface area contributed by atoms with E-state index >= 15 is 0 Å². The van der Waals surface area contributed by atoms with Crippen LogP contribution >= 0.6 is 0 Å². The maximum Gasteiger partial charge on any atom is 0.156 e. The third-order valence-corrected chi connectivity index (χ3v) is 17.0. The summed E-state index contributed by atoms with van der Waals surface area (Å²) in [5, 5.41) is 0. The van der Waals surface area contributed by atoms with Gasteiger partial charge >= 0.3 is 0 Å². The molecular weight excluding hydrogens is 703 g/mol. The molecule has 0 N–H and O–H groups in total. The van der Waals surface area contributed by atoms with E-state index in [-0.39, 0.29) is 27.1 Å². The molecule has 5 aromatic carbocycles. The minimum Gasteiger partial charge on any atom is -0.454 e. The SMILES string of the molecule is CC1(C)CCC(C)(C)c2c(N(c3cccc4c3C(C)(C)CCC4(C)C)c3c(-c4ccccc4)ccc4c3Oc3ccccc3C43C4CC5CC(C4)CC3C5)cccc21. The van der Waals surface area contributed by atoms with Crippen molar-refractivity contribution in [2.45, 2.75) is 140 Å². The number of rotatable bonds is 4. The second-order valence-corrected chi connectivity index (χ2v) is 22.2.